The van der Waals surface area contributed by atoms with Gasteiger partial charge in [-0.15, -0.1) is 142 Å². The van der Waals surface area contributed by atoms with E-state index in [-0.39, 0.29) is 127 Å². The van der Waals surface area contributed by atoms with Crippen LogP contribution in [0.15, 0.2) is 363 Å². The molecule has 20 aromatic rings. The zero-order valence-corrected chi connectivity index (χ0v) is 84.5. The van der Waals surface area contributed by atoms with Gasteiger partial charge in [0.05, 0.1) is 23.0 Å². The first-order valence-corrected chi connectivity index (χ1v) is 42.0. The fraction of sp³-hybridized carbons (Fsp3) is 0.103. The molecular weight excluding hydrogens is 2350 g/mol. The third-order valence-corrected chi connectivity index (χ3v) is 21.0. The van der Waals surface area contributed by atoms with Gasteiger partial charge in [-0.1, -0.05) is 234 Å². The number of aliphatic hydroxyl groups is 4. The average Bonchev–Trinajstić information content (AvgIpc) is 0.828. The van der Waals surface area contributed by atoms with E-state index in [1.807, 2.05) is 61.2 Å². The molecule has 4 N–H and O–H groups in total. The number of hydrogen-bond acceptors (Lipinski definition) is 12. The van der Waals surface area contributed by atoms with Crippen molar-refractivity contribution in [1.82, 2.24) is 19.9 Å². The minimum absolute atomic E-state index is 0. The van der Waals surface area contributed by atoms with Crippen LogP contribution in [0.25, 0.3) is 174 Å². The molecule has 4 heterocycles. The number of aryl methyl sites for hydroxylation is 4. The largest absolute Gasteiger partial charge is 0.512 e. The van der Waals surface area contributed by atoms with Crippen LogP contribution >= 0.6 is 0 Å². The van der Waals surface area contributed by atoms with E-state index in [1.54, 1.807) is 0 Å². The Morgan fingerprint density at radius 1 is 0.250 bits per heavy atom. The molecule has 0 saturated heterocycles. The van der Waals surface area contributed by atoms with Crippen molar-refractivity contribution >= 4 is 152 Å². The monoisotopic (exact) mass is 2440 g/mol. The van der Waals surface area contributed by atoms with Gasteiger partial charge in [-0.2, -0.15) is 0 Å². The van der Waals surface area contributed by atoms with Gasteiger partial charge in [0.25, 0.3) is 0 Å². The molecule has 0 aliphatic rings. The molecule has 0 amide bonds. The third kappa shape index (κ3) is 25.2. The van der Waals surface area contributed by atoms with E-state index in [9.17, 15) is 19.2 Å². The van der Waals surface area contributed by atoms with Crippen molar-refractivity contribution in [2.75, 3.05) is 0 Å². The number of ketones is 4. The standard InChI is InChI=1S/2C25H18N.2C23H14N.4C5H8O2.4Ir/c1-16-11-17(2)13-18(12-16)25-14-23-21-9-5-3-7-19(21)20-8-4-6-10-22(20)24(23)15-26-25;1-16-13-17(2)15-18(14-16)25-24-22-10-6-5-8-20(22)19-7-3-4-9-21(19)23(24)11-12-26-25;1-2-8-16(9-3-1)23-14-21-19-12-6-4-10-17(19)18-11-5-7-13-20(18)22(21)15-24-23;1-2-8-16(9-3-1)23-22-20-13-7-6-11-18(20)17-10-4-5-12-19(17)21(22)14-15-24-23;4*1-4(6)3-5(2)7;;;;/h3-12,14-15H,1-2H3;3-14H,1-2H3;2*1-8,10-15H;4*3,6H,1-2H3;;;;/q4*-1;;;;;;;;. The first-order valence-electron chi connectivity index (χ1n) is 42.0. The number of allylic oxidation sites excluding steroid dienone is 8. The minimum Gasteiger partial charge on any atom is -0.512 e. The van der Waals surface area contributed by atoms with Crippen LogP contribution < -0.4 is 0 Å². The number of aliphatic hydroxyl groups excluding tert-OH is 4. The molecule has 0 aliphatic carbocycles. The zero-order chi connectivity index (χ0) is 90.7. The van der Waals surface area contributed by atoms with E-state index in [1.165, 1.54) is 220 Å². The Bertz CT molecular complexity index is 7300. The van der Waals surface area contributed by atoms with Gasteiger partial charge in [0.2, 0.25) is 0 Å². The van der Waals surface area contributed by atoms with Gasteiger partial charge in [0.15, 0.2) is 23.1 Å². The summed E-state index contributed by atoms with van der Waals surface area (Å²) in [4.78, 5) is 59.0. The first-order chi connectivity index (χ1) is 61.8. The number of benzene rings is 16. The van der Waals surface area contributed by atoms with Crippen LogP contribution in [0.4, 0.5) is 0 Å². The molecule has 0 aliphatic heterocycles. The van der Waals surface area contributed by atoms with Crippen molar-refractivity contribution in [3.8, 4) is 45.0 Å². The van der Waals surface area contributed by atoms with Crippen molar-refractivity contribution in [3.05, 3.63) is 410 Å². The minimum atomic E-state index is -0.125. The number of carbonyl (C=O) groups excluding carboxylic acids is 4. The van der Waals surface area contributed by atoms with E-state index in [4.69, 9.17) is 40.4 Å². The molecule has 668 valence electrons. The van der Waals surface area contributed by atoms with Gasteiger partial charge >= 0.3 is 0 Å². The van der Waals surface area contributed by atoms with E-state index in [0.717, 1.165) is 56.2 Å². The van der Waals surface area contributed by atoms with Gasteiger partial charge in [-0.25, -0.2) is 0 Å². The number of nitrogens with zero attached hydrogens (tertiary/aromatic N) is 4. The van der Waals surface area contributed by atoms with Crippen molar-refractivity contribution < 1.29 is 120 Å². The quantitative estimate of drug-likeness (QED) is 0.0486. The molecule has 16 heteroatoms. The second-order valence-electron chi connectivity index (χ2n) is 31.4. The fourth-order valence-corrected chi connectivity index (χ4v) is 16.3. The Hall–Kier alpha value is -13.3. The van der Waals surface area contributed by atoms with Gasteiger partial charge in [0, 0.05) is 140 Å². The van der Waals surface area contributed by atoms with Crippen molar-refractivity contribution in [3.63, 3.8) is 0 Å². The molecule has 0 bridgehead atoms. The van der Waals surface area contributed by atoms with Crippen LogP contribution in [0.1, 0.15) is 77.6 Å². The number of hydrogen-bond donors (Lipinski definition) is 4. The summed E-state index contributed by atoms with van der Waals surface area (Å²) in [6.45, 7) is 19.8. The maximum absolute atomic E-state index is 10.0. The summed E-state index contributed by atoms with van der Waals surface area (Å²) in [6.07, 6.45) is 12.5. The normalized spacial score (nSPS) is 11.1. The maximum Gasteiger partial charge on any atom is 0.155 e. The SMILES string of the molecule is CC(=O)C=C(C)O.CC(=O)C=C(C)O.CC(=O)C=C(C)O.CC(=O)C=C(C)O.Cc1[c-]c(-c2cc3c4ccccc4c4ccccc4c3cn2)cc(C)c1.Cc1[c-]c(-c2nccc3c4ccccc4c4ccccc4c23)cc(C)c1.[Ir].[Ir].[Ir].[Ir].[c-]1ccccc1-c1cc2c3ccccc3c3ccccc3c2cn1.[c-]1ccccc1-c1nccc2c3ccccc3c3ccccc3c12. The summed E-state index contributed by atoms with van der Waals surface area (Å²) in [7, 11) is 0. The Morgan fingerprint density at radius 2 is 0.485 bits per heavy atom. The van der Waals surface area contributed by atoms with Gasteiger partial charge in [-0.05, 0) is 209 Å². The molecule has 0 atom stereocenters. The first kappa shape index (κ1) is 102. The van der Waals surface area contributed by atoms with Crippen LogP contribution in [0.5, 0.6) is 0 Å². The Balaban J connectivity index is 0.000000179. The molecule has 4 aromatic heterocycles. The summed E-state index contributed by atoms with van der Waals surface area (Å²) in [5, 5.41) is 63.6. The zero-order valence-electron chi connectivity index (χ0n) is 74.9. The van der Waals surface area contributed by atoms with Crippen LogP contribution in [0.2, 0.25) is 0 Å². The molecule has 12 nitrogen and oxygen atoms in total. The predicted molar refractivity (Wildman–Crippen MR) is 531 cm³/mol. The smallest absolute Gasteiger partial charge is 0.155 e. The van der Waals surface area contributed by atoms with Crippen LogP contribution in [-0.2, 0) is 99.6 Å². The van der Waals surface area contributed by atoms with E-state index < -0.39 is 0 Å². The summed E-state index contributed by atoms with van der Waals surface area (Å²) in [5.41, 5.74) is 12.9. The van der Waals surface area contributed by atoms with Crippen molar-refractivity contribution in [1.29, 1.82) is 0 Å². The van der Waals surface area contributed by atoms with Crippen molar-refractivity contribution in [2.24, 2.45) is 0 Å². The summed E-state index contributed by atoms with van der Waals surface area (Å²) in [5.74, 6) is -0.250. The van der Waals surface area contributed by atoms with Gasteiger partial charge in [-0.3, -0.25) is 19.2 Å². The van der Waals surface area contributed by atoms with Crippen LogP contribution in [-0.4, -0.2) is 63.5 Å². The predicted octanol–water partition coefficient (Wildman–Crippen LogP) is 29.4. The number of pyridine rings is 4. The van der Waals surface area contributed by atoms with Gasteiger partial charge < -0.3 is 40.4 Å². The Morgan fingerprint density at radius 3 is 0.758 bits per heavy atom. The third-order valence-electron chi connectivity index (χ3n) is 21.0. The number of fused-ring (bicyclic) bond motifs is 24. The maximum atomic E-state index is 10.0. The van der Waals surface area contributed by atoms with E-state index in [2.05, 4.69) is 307 Å². The topological polar surface area (TPSA) is 201 Å². The molecule has 0 spiro atoms. The molecule has 132 heavy (non-hydrogen) atoms. The van der Waals surface area contributed by atoms with E-state index in [0.29, 0.717) is 0 Å². The number of aromatic nitrogens is 4. The van der Waals surface area contributed by atoms with Crippen LogP contribution in [0.3, 0.4) is 0 Å². The molecule has 0 unspecified atom stereocenters. The fourth-order valence-electron chi connectivity index (χ4n) is 16.3. The summed E-state index contributed by atoms with van der Waals surface area (Å²) < 4.78 is 0. The second-order valence-corrected chi connectivity index (χ2v) is 31.4. The molecule has 4 radical (unpaired) electrons. The Labute approximate surface area is 823 Å². The van der Waals surface area contributed by atoms with Crippen LogP contribution in [0, 0.1) is 52.0 Å². The van der Waals surface area contributed by atoms with E-state index >= 15 is 0 Å². The number of carbonyl (C=O) groups is 4. The molecule has 0 saturated carbocycles. The molecule has 20 rings (SSSR count). The molecule has 0 fully saturated rings. The number of rotatable bonds is 8. The van der Waals surface area contributed by atoms with Gasteiger partial charge in [0.1, 0.15) is 0 Å². The summed E-state index contributed by atoms with van der Waals surface area (Å²) in [6, 6.07) is 116. The Kier molecular flexibility index (Phi) is 37.2. The second kappa shape index (κ2) is 48.0. The van der Waals surface area contributed by atoms with Crippen molar-refractivity contribution in [2.45, 2.75) is 83.1 Å². The molecule has 16 aromatic carbocycles. The molecular formula is C116H96Ir4N4O8-4. The average molecular weight is 2440 g/mol. The summed E-state index contributed by atoms with van der Waals surface area (Å²) >= 11 is 0.